The Morgan fingerprint density at radius 1 is 1.09 bits per heavy atom. The largest absolute Gasteiger partial charge is 0.466 e. The number of halogens is 1. The number of ether oxygens (including phenoxy) is 1. The van der Waals surface area contributed by atoms with Gasteiger partial charge in [-0.05, 0) is 24.1 Å². The number of fused-ring (bicyclic) bond motifs is 1. The molecular formula is C19H16ClNO2. The number of rotatable bonds is 4. The smallest absolute Gasteiger partial charge is 0.310 e. The number of hydrogen-bond acceptors (Lipinski definition) is 3. The second kappa shape index (κ2) is 6.80. The van der Waals surface area contributed by atoms with E-state index < -0.39 is 0 Å². The van der Waals surface area contributed by atoms with Crippen molar-refractivity contribution in [2.24, 2.45) is 0 Å². The predicted octanol–water partition coefficient (Wildman–Crippen LogP) is 4.66. The van der Waals surface area contributed by atoms with E-state index in [1.807, 2.05) is 54.6 Å². The summed E-state index contributed by atoms with van der Waals surface area (Å²) in [5, 5.41) is 1.32. The monoisotopic (exact) mass is 325 g/mol. The van der Waals surface area contributed by atoms with Crippen LogP contribution in [0.2, 0.25) is 5.15 Å². The first-order valence-electron chi connectivity index (χ1n) is 7.49. The lowest BCUT2D eigenvalue weighted by Crippen LogP contribution is -2.10. The molecule has 1 heterocycles. The summed E-state index contributed by atoms with van der Waals surface area (Å²) in [5.41, 5.74) is 3.46. The van der Waals surface area contributed by atoms with Crippen molar-refractivity contribution in [1.82, 2.24) is 4.98 Å². The maximum atomic E-state index is 12.0. The highest BCUT2D eigenvalue weighted by atomic mass is 35.5. The molecule has 0 aliphatic rings. The van der Waals surface area contributed by atoms with E-state index in [-0.39, 0.29) is 12.4 Å². The van der Waals surface area contributed by atoms with Crippen molar-refractivity contribution < 1.29 is 9.53 Å². The van der Waals surface area contributed by atoms with E-state index in [4.69, 9.17) is 16.3 Å². The number of pyridine rings is 1. The molecule has 0 saturated carbocycles. The summed E-state index contributed by atoms with van der Waals surface area (Å²) in [5.74, 6) is -0.302. The van der Waals surface area contributed by atoms with Gasteiger partial charge in [0.1, 0.15) is 5.15 Å². The molecule has 0 atom stereocenters. The third-order valence-corrected chi connectivity index (χ3v) is 3.94. The van der Waals surface area contributed by atoms with Crippen molar-refractivity contribution in [3.8, 4) is 11.1 Å². The highest BCUT2D eigenvalue weighted by molar-refractivity contribution is 6.31. The van der Waals surface area contributed by atoms with Crippen LogP contribution in [0, 0.1) is 0 Å². The van der Waals surface area contributed by atoms with Gasteiger partial charge in [0.2, 0.25) is 0 Å². The molecule has 0 bridgehead atoms. The topological polar surface area (TPSA) is 39.2 Å². The van der Waals surface area contributed by atoms with Gasteiger partial charge < -0.3 is 4.74 Å². The number of carbonyl (C=O) groups excluding carboxylic acids is 1. The summed E-state index contributed by atoms with van der Waals surface area (Å²) in [4.78, 5) is 16.4. The normalized spacial score (nSPS) is 10.7. The minimum Gasteiger partial charge on any atom is -0.466 e. The molecule has 3 nitrogen and oxygen atoms in total. The molecule has 23 heavy (non-hydrogen) atoms. The van der Waals surface area contributed by atoms with E-state index in [1.54, 1.807) is 6.92 Å². The van der Waals surface area contributed by atoms with Gasteiger partial charge in [-0.15, -0.1) is 0 Å². The number of benzene rings is 2. The van der Waals surface area contributed by atoms with Crippen LogP contribution in [0.15, 0.2) is 54.6 Å². The Kier molecular flexibility index (Phi) is 4.58. The van der Waals surface area contributed by atoms with Crippen LogP contribution in [0.25, 0.3) is 22.0 Å². The molecule has 0 saturated heterocycles. The standard InChI is InChI=1S/C19H16ClNO2/c1-2-23-17(22)12-15-18(13-8-4-3-5-9-13)14-10-6-7-11-16(14)21-19(15)20/h3-11H,2,12H2,1H3. The zero-order valence-electron chi connectivity index (χ0n) is 12.8. The van der Waals surface area contributed by atoms with Gasteiger partial charge in [-0.3, -0.25) is 4.79 Å². The minimum absolute atomic E-state index is 0.106. The molecule has 3 aromatic rings. The van der Waals surface area contributed by atoms with Crippen LogP contribution in [-0.4, -0.2) is 17.6 Å². The molecule has 0 amide bonds. The molecule has 2 aromatic carbocycles. The summed E-state index contributed by atoms with van der Waals surface area (Å²) in [7, 11) is 0. The summed E-state index contributed by atoms with van der Waals surface area (Å²) >= 11 is 6.38. The van der Waals surface area contributed by atoms with Gasteiger partial charge in [-0.25, -0.2) is 4.98 Å². The molecule has 0 radical (unpaired) electrons. The molecule has 116 valence electrons. The Labute approximate surface area is 139 Å². The van der Waals surface area contributed by atoms with E-state index in [1.165, 1.54) is 0 Å². The first-order chi connectivity index (χ1) is 11.2. The van der Waals surface area contributed by atoms with Crippen LogP contribution in [0.5, 0.6) is 0 Å². The lowest BCUT2D eigenvalue weighted by atomic mass is 9.95. The van der Waals surface area contributed by atoms with Crippen molar-refractivity contribution in [3.63, 3.8) is 0 Å². The maximum absolute atomic E-state index is 12.0. The van der Waals surface area contributed by atoms with Gasteiger partial charge in [0, 0.05) is 10.9 Å². The second-order valence-electron chi connectivity index (χ2n) is 5.12. The van der Waals surface area contributed by atoms with E-state index in [0.717, 1.165) is 22.0 Å². The van der Waals surface area contributed by atoms with E-state index in [0.29, 0.717) is 17.3 Å². The van der Waals surface area contributed by atoms with Gasteiger partial charge in [-0.2, -0.15) is 0 Å². The SMILES string of the molecule is CCOC(=O)Cc1c(Cl)nc2ccccc2c1-c1ccccc1. The van der Waals surface area contributed by atoms with Gasteiger partial charge in [0.05, 0.1) is 18.5 Å². The lowest BCUT2D eigenvalue weighted by molar-refractivity contribution is -0.142. The molecule has 0 aliphatic carbocycles. The van der Waals surface area contributed by atoms with E-state index >= 15 is 0 Å². The number of nitrogens with zero attached hydrogens (tertiary/aromatic N) is 1. The van der Waals surface area contributed by atoms with Crippen molar-refractivity contribution in [2.45, 2.75) is 13.3 Å². The van der Waals surface area contributed by atoms with Crippen molar-refractivity contribution in [2.75, 3.05) is 6.61 Å². The molecule has 0 N–H and O–H groups in total. The lowest BCUT2D eigenvalue weighted by Gasteiger charge is -2.14. The highest BCUT2D eigenvalue weighted by Gasteiger charge is 2.18. The second-order valence-corrected chi connectivity index (χ2v) is 5.48. The van der Waals surface area contributed by atoms with Crippen LogP contribution in [0.3, 0.4) is 0 Å². The third-order valence-electron chi connectivity index (χ3n) is 3.63. The number of hydrogen-bond donors (Lipinski definition) is 0. The Morgan fingerprint density at radius 2 is 1.78 bits per heavy atom. The van der Waals surface area contributed by atoms with Gasteiger partial charge in [0.25, 0.3) is 0 Å². The van der Waals surface area contributed by atoms with E-state index in [9.17, 15) is 4.79 Å². The van der Waals surface area contributed by atoms with Crippen molar-refractivity contribution in [3.05, 3.63) is 65.3 Å². The van der Waals surface area contributed by atoms with Crippen LogP contribution in [-0.2, 0) is 16.0 Å². The van der Waals surface area contributed by atoms with Crippen molar-refractivity contribution >= 4 is 28.5 Å². The fourth-order valence-corrected chi connectivity index (χ4v) is 2.93. The van der Waals surface area contributed by atoms with Crippen LogP contribution in [0.1, 0.15) is 12.5 Å². The van der Waals surface area contributed by atoms with Gasteiger partial charge >= 0.3 is 5.97 Å². The minimum atomic E-state index is -0.302. The first-order valence-corrected chi connectivity index (χ1v) is 7.86. The maximum Gasteiger partial charge on any atom is 0.310 e. The number of para-hydroxylation sites is 1. The molecule has 1 aromatic heterocycles. The average Bonchev–Trinajstić information content (AvgIpc) is 2.56. The average molecular weight is 326 g/mol. The summed E-state index contributed by atoms with van der Waals surface area (Å²) in [6.07, 6.45) is 0.106. The molecule has 0 aliphatic heterocycles. The molecular weight excluding hydrogens is 310 g/mol. The summed E-state index contributed by atoms with van der Waals surface area (Å²) < 4.78 is 5.08. The quantitative estimate of drug-likeness (QED) is 0.517. The molecule has 0 spiro atoms. The Morgan fingerprint density at radius 3 is 2.52 bits per heavy atom. The van der Waals surface area contributed by atoms with Crippen LogP contribution in [0.4, 0.5) is 0 Å². The number of esters is 1. The molecule has 0 fully saturated rings. The molecule has 4 heteroatoms. The predicted molar refractivity (Wildman–Crippen MR) is 92.5 cm³/mol. The van der Waals surface area contributed by atoms with E-state index in [2.05, 4.69) is 4.98 Å². The van der Waals surface area contributed by atoms with Crippen molar-refractivity contribution in [1.29, 1.82) is 0 Å². The zero-order valence-corrected chi connectivity index (χ0v) is 13.5. The summed E-state index contributed by atoms with van der Waals surface area (Å²) in [6, 6.07) is 17.7. The fourth-order valence-electron chi connectivity index (χ4n) is 2.67. The highest BCUT2D eigenvalue weighted by Crippen LogP contribution is 2.35. The van der Waals surface area contributed by atoms with Gasteiger partial charge in [0.15, 0.2) is 0 Å². The Hall–Kier alpha value is -2.39. The fraction of sp³-hybridized carbons (Fsp3) is 0.158. The Balaban J connectivity index is 2.25. The molecule has 3 rings (SSSR count). The van der Waals surface area contributed by atoms with Crippen LogP contribution >= 0.6 is 11.6 Å². The Bertz CT molecular complexity index is 847. The third kappa shape index (κ3) is 3.20. The summed E-state index contributed by atoms with van der Waals surface area (Å²) in [6.45, 7) is 2.13. The van der Waals surface area contributed by atoms with Gasteiger partial charge in [-0.1, -0.05) is 60.1 Å². The zero-order chi connectivity index (χ0) is 16.2. The first kappa shape index (κ1) is 15.5. The van der Waals surface area contributed by atoms with Crippen LogP contribution < -0.4 is 0 Å². The molecule has 0 unspecified atom stereocenters. The number of carbonyl (C=O) groups is 1. The number of aromatic nitrogens is 1.